The van der Waals surface area contributed by atoms with Crippen LogP contribution >= 0.6 is 0 Å². The summed E-state index contributed by atoms with van der Waals surface area (Å²) in [5.74, 6) is -3.93. The van der Waals surface area contributed by atoms with Gasteiger partial charge in [-0.15, -0.1) is 0 Å². The Kier molecular flexibility index (Phi) is 61.5. The van der Waals surface area contributed by atoms with Crippen LogP contribution in [0.3, 0.4) is 0 Å². The van der Waals surface area contributed by atoms with Crippen LogP contribution in [-0.2, 0) is 0 Å². The van der Waals surface area contributed by atoms with Crippen LogP contribution in [0.1, 0.15) is 445 Å². The van der Waals surface area contributed by atoms with Gasteiger partial charge in [0.1, 0.15) is 0 Å². The molecule has 3 aliphatic carbocycles. The molecule has 0 N–H and O–H groups in total. The maximum atomic E-state index is 12.9. The van der Waals surface area contributed by atoms with E-state index < -0.39 is 146 Å². The molecule has 3 rings (SSSR count). The second-order valence-corrected chi connectivity index (χ2v) is 52.3. The highest BCUT2D eigenvalue weighted by Crippen LogP contribution is 2.61. The summed E-state index contributed by atoms with van der Waals surface area (Å²) in [6.45, 7) is 96.2. The smallest absolute Gasteiger partial charge is 0.171 e. The van der Waals surface area contributed by atoms with Crippen molar-refractivity contribution in [2.75, 3.05) is 0 Å². The number of rotatable bonds is 10. The Balaban J connectivity index is -0.000000187. The van der Waals surface area contributed by atoms with Crippen LogP contribution in [0.4, 0.5) is 132 Å². The average molecular weight is 2060 g/mol. The van der Waals surface area contributed by atoms with E-state index in [2.05, 4.69) is 90.0 Å². The molecule has 0 heterocycles. The van der Waals surface area contributed by atoms with E-state index >= 15 is 0 Å². The predicted octanol–water partition coefficient (Wildman–Crippen LogP) is 44.8. The molecule has 0 amide bonds. The third kappa shape index (κ3) is 52.4. The Morgan fingerprint density at radius 3 is 0.606 bits per heavy atom. The largest absolute Gasteiger partial charge is 0.394 e. The minimum absolute atomic E-state index is 0.0362. The van der Waals surface area contributed by atoms with Gasteiger partial charge >= 0.3 is 61.8 Å². The van der Waals surface area contributed by atoms with Crippen LogP contribution in [-0.4, -0.2) is 61.8 Å². The van der Waals surface area contributed by atoms with Gasteiger partial charge in [0, 0.05) is 0 Å². The van der Waals surface area contributed by atoms with Crippen molar-refractivity contribution >= 4 is 0 Å². The SMILES string of the molecule is CC(C)(C)C(C)(C)C(C)(C)C(F)(F)F.CC(C)(C)C(C)(C)C(C)(C)C(F)(F)F.CC(C)(C)C(C)(C)C(F)(F)F.CC(C)(C)C(C)(C)C(F)(F)F.CC(C)C(C)(C)C(C)(C)C.CC(C)C(C)(C)C(C)C(F)(F)F.CC(C)[C@@H](C)C(C)(C)C.CC(C)[C@@H](C)C(C)C(F)(F)F.CC(C)[C@@H](C)C(C)C(F)(F)F.CC1CCC(C(F)(F)F)CC1.CC1CCCC(C(F)(F)F)[C@@H]1C.C[C@@H]1CCCC(C(F)(F)F)C1. The Hall–Kier alpha value is -2.10. The monoisotopic (exact) mass is 2060 g/mol. The van der Waals surface area contributed by atoms with Crippen LogP contribution in [0.2, 0.25) is 0 Å². The summed E-state index contributed by atoms with van der Waals surface area (Å²) in [6.07, 6.45) is -34.0. The number of hydrogen-bond donors (Lipinski definition) is 0. The molecule has 0 aromatic rings. The second kappa shape index (κ2) is 55.2. The number of halogens is 30. The molecule has 0 spiro atoms. The van der Waals surface area contributed by atoms with Crippen molar-refractivity contribution in [2.45, 2.75) is 506 Å². The molecule has 0 saturated heterocycles. The molecular weight excluding hydrogens is 1860 g/mol. The molecule has 3 aliphatic rings. The second-order valence-electron chi connectivity index (χ2n) is 52.3. The summed E-state index contributed by atoms with van der Waals surface area (Å²) in [6, 6.07) is 0. The van der Waals surface area contributed by atoms with Crippen molar-refractivity contribution in [3.05, 3.63) is 0 Å². The van der Waals surface area contributed by atoms with E-state index in [4.69, 9.17) is 0 Å². The van der Waals surface area contributed by atoms with Gasteiger partial charge < -0.3 is 0 Å². The molecule has 11 atom stereocenters. The highest BCUT2D eigenvalue weighted by atomic mass is 19.4. The average Bonchev–Trinajstić information content (AvgIpc) is 0.748. The molecule has 6 unspecified atom stereocenters. The third-order valence-corrected chi connectivity index (χ3v) is 35.0. The standard InChI is InChI=1S/2C11H21F3.C10H22.C9H15F3.C9H17F3.C9H20.2C8H13F3.4C8H15F3/c2*1-8(2,3)9(4,5)10(6,7)11(12,13)14;1-8(2)10(6,7)9(3,4)5;1-6-4-3-5-8(7(6)2)9(10,11)12;1-6(2)8(4,5)7(3)9(10,11)12;1-7(2)8(3)9(4,5)6;1-6-2-4-7(5-3-6)8(9,10)11;1-6-3-2-4-7(5-6)8(9,10)11;2*1-6(2,3)7(4,5)8(9,10)11;2*1-5(2)6(3)7(4)8(9,10)11/h2*1-7H3;8H,1-7H3;6-8H,3-5H2,1-2H3;6-7H,1-5H3;7-8H,1-6H3;2*6-7H,2-5H2,1H3;2*1-5H3;2*5-7H,1-4H3/t;;;6?,7-,8?;;8-;;6-,7?;;;2*6-,7?/m...1.1.1..11/s1. The quantitative estimate of drug-likeness (QED) is 0.191. The minimum Gasteiger partial charge on any atom is -0.171 e. The molecule has 0 radical (unpaired) electrons. The molecular formula is C107H202F30. The predicted molar refractivity (Wildman–Crippen MR) is 515 cm³/mol. The fraction of sp³-hybridized carbons (Fsp3) is 1.00. The zero-order chi connectivity index (χ0) is 114. The van der Waals surface area contributed by atoms with Crippen molar-refractivity contribution in [1.29, 1.82) is 0 Å². The summed E-state index contributed by atoms with van der Waals surface area (Å²) in [5.41, 5.74) is -9.83. The zero-order valence-electron chi connectivity index (χ0n) is 95.5. The highest BCUT2D eigenvalue weighted by molar-refractivity contribution is 5.00. The van der Waals surface area contributed by atoms with Crippen LogP contribution in [0.15, 0.2) is 0 Å². The van der Waals surface area contributed by atoms with E-state index in [1.165, 1.54) is 76.2 Å². The maximum absolute atomic E-state index is 12.9. The van der Waals surface area contributed by atoms with Crippen molar-refractivity contribution in [3.63, 3.8) is 0 Å². The summed E-state index contributed by atoms with van der Waals surface area (Å²) < 4.78 is 370. The van der Waals surface area contributed by atoms with Gasteiger partial charge in [0.15, 0.2) is 0 Å². The van der Waals surface area contributed by atoms with Crippen molar-refractivity contribution < 1.29 is 132 Å². The van der Waals surface area contributed by atoms with Crippen LogP contribution in [0.5, 0.6) is 0 Å². The molecule has 0 aromatic heterocycles. The van der Waals surface area contributed by atoms with Crippen molar-refractivity contribution in [1.82, 2.24) is 0 Å². The normalized spacial score (nSPS) is 21.0. The molecule has 0 aromatic carbocycles. The maximum Gasteiger partial charge on any atom is 0.394 e. The van der Waals surface area contributed by atoms with Crippen molar-refractivity contribution in [2.24, 2.45) is 182 Å². The molecule has 0 nitrogen and oxygen atoms in total. The fourth-order valence-corrected chi connectivity index (χ4v) is 13.3. The van der Waals surface area contributed by atoms with Gasteiger partial charge in [-0.1, -0.05) is 412 Å². The Bertz CT molecular complexity index is 2900. The lowest BCUT2D eigenvalue weighted by molar-refractivity contribution is -0.263. The van der Waals surface area contributed by atoms with E-state index in [0.29, 0.717) is 54.3 Å². The van der Waals surface area contributed by atoms with E-state index in [0.717, 1.165) is 56.3 Å². The van der Waals surface area contributed by atoms with Gasteiger partial charge in [-0.3, -0.25) is 0 Å². The lowest BCUT2D eigenvalue weighted by Crippen LogP contribution is -2.51. The zero-order valence-corrected chi connectivity index (χ0v) is 95.5. The van der Waals surface area contributed by atoms with Gasteiger partial charge in [0.2, 0.25) is 0 Å². The van der Waals surface area contributed by atoms with E-state index in [-0.39, 0.29) is 58.2 Å². The first-order valence-corrected chi connectivity index (χ1v) is 49.3. The van der Waals surface area contributed by atoms with Crippen LogP contribution in [0, 0.1) is 182 Å². The van der Waals surface area contributed by atoms with Crippen LogP contribution < -0.4 is 0 Å². The first kappa shape index (κ1) is 153. The van der Waals surface area contributed by atoms with E-state index in [9.17, 15) is 132 Å². The molecule has 3 fully saturated rings. The number of hydrogen-bond acceptors (Lipinski definition) is 0. The van der Waals surface area contributed by atoms with E-state index in [1.54, 1.807) is 104 Å². The van der Waals surface area contributed by atoms with Gasteiger partial charge in [-0.2, -0.15) is 132 Å². The Morgan fingerprint density at radius 1 is 0.226 bits per heavy atom. The van der Waals surface area contributed by atoms with Gasteiger partial charge in [0.05, 0.1) is 57.2 Å². The molecule has 0 aliphatic heterocycles. The van der Waals surface area contributed by atoms with E-state index in [1.807, 2.05) is 104 Å². The molecule has 840 valence electrons. The minimum atomic E-state index is -4.16. The lowest BCUT2D eigenvalue weighted by atomic mass is 9.55. The molecule has 30 heteroatoms. The summed E-state index contributed by atoms with van der Waals surface area (Å²) in [7, 11) is 0. The molecule has 3 saturated carbocycles. The number of alkyl halides is 30. The van der Waals surface area contributed by atoms with Gasteiger partial charge in [0.25, 0.3) is 0 Å². The third-order valence-electron chi connectivity index (χ3n) is 35.0. The molecule has 137 heavy (non-hydrogen) atoms. The first-order chi connectivity index (χ1) is 58.6. The topological polar surface area (TPSA) is 0 Å². The van der Waals surface area contributed by atoms with Crippen LogP contribution in [0.25, 0.3) is 0 Å². The first-order valence-electron chi connectivity index (χ1n) is 49.3. The van der Waals surface area contributed by atoms with Gasteiger partial charge in [-0.05, 0) is 157 Å². The lowest BCUT2D eigenvalue weighted by Gasteiger charge is -2.51. The summed E-state index contributed by atoms with van der Waals surface area (Å²) in [4.78, 5) is 0. The van der Waals surface area contributed by atoms with Crippen molar-refractivity contribution in [3.8, 4) is 0 Å². The van der Waals surface area contributed by atoms with Gasteiger partial charge in [-0.25, -0.2) is 0 Å². The highest BCUT2D eigenvalue weighted by Gasteiger charge is 2.62. The molecule has 0 bridgehead atoms. The summed E-state index contributed by atoms with van der Waals surface area (Å²) >= 11 is 0. The fourth-order valence-electron chi connectivity index (χ4n) is 13.3. The Labute approximate surface area is 816 Å². The summed E-state index contributed by atoms with van der Waals surface area (Å²) in [5, 5.41) is 0. The Morgan fingerprint density at radius 2 is 0.489 bits per heavy atom.